The van der Waals surface area contributed by atoms with Crippen LogP contribution in [0.5, 0.6) is 5.75 Å². The van der Waals surface area contributed by atoms with Crippen molar-refractivity contribution in [2.75, 3.05) is 13.1 Å². The second kappa shape index (κ2) is 10.0. The molecule has 4 heteroatoms. The number of rotatable bonds is 3. The Morgan fingerprint density at radius 1 is 0.861 bits per heavy atom. The summed E-state index contributed by atoms with van der Waals surface area (Å²) in [7, 11) is 0. The molecule has 5 rings (SSSR count). The van der Waals surface area contributed by atoms with Crippen LogP contribution in [0.1, 0.15) is 85.6 Å². The van der Waals surface area contributed by atoms with Gasteiger partial charge in [-0.2, -0.15) is 0 Å². The molecule has 4 nitrogen and oxygen atoms in total. The minimum Gasteiger partial charge on any atom is -0.508 e. The van der Waals surface area contributed by atoms with E-state index in [1.54, 1.807) is 0 Å². The summed E-state index contributed by atoms with van der Waals surface area (Å²) >= 11 is 0. The highest BCUT2D eigenvalue weighted by Crippen LogP contribution is 2.47. The molecule has 1 heterocycles. The van der Waals surface area contributed by atoms with Gasteiger partial charge in [0.1, 0.15) is 11.4 Å². The van der Waals surface area contributed by atoms with Crippen LogP contribution in [0.25, 0.3) is 0 Å². The molecule has 3 aromatic carbocycles. The molecule has 1 aliphatic heterocycles. The van der Waals surface area contributed by atoms with E-state index in [1.165, 1.54) is 27.8 Å². The van der Waals surface area contributed by atoms with E-state index in [1.807, 2.05) is 37.8 Å². The number of phenolic OH excluding ortho intramolecular Hbond substituents is 1. The van der Waals surface area contributed by atoms with Crippen LogP contribution in [-0.2, 0) is 11.2 Å². The Morgan fingerprint density at radius 2 is 1.53 bits per heavy atom. The average molecular weight is 484 g/mol. The van der Waals surface area contributed by atoms with Crippen molar-refractivity contribution in [1.29, 1.82) is 0 Å². The number of carbonyl (C=O) groups excluding carboxylic acids is 1. The van der Waals surface area contributed by atoms with Gasteiger partial charge in [-0.3, -0.25) is 0 Å². The third-order valence-corrected chi connectivity index (χ3v) is 7.73. The summed E-state index contributed by atoms with van der Waals surface area (Å²) in [6.07, 6.45) is 3.75. The standard InChI is InChI=1S/C32H37NO3/c1-32(2,3)36-31(35)33-19-17-23(18-20-33)22-9-11-25(12-10-22)30-28(24-7-5-4-6-8-24)15-13-26-21-27(34)14-16-29(26)30/h4-12,14,16,21,23,28,30,34H,13,15,17-20H2,1-3H3/t28-,30+/m1/s1. The summed E-state index contributed by atoms with van der Waals surface area (Å²) in [6, 6.07) is 25.9. The van der Waals surface area contributed by atoms with E-state index in [0.717, 1.165) is 38.8 Å². The lowest BCUT2D eigenvalue weighted by atomic mass is 9.69. The maximum absolute atomic E-state index is 12.4. The lowest BCUT2D eigenvalue weighted by molar-refractivity contribution is 0.0205. The van der Waals surface area contributed by atoms with E-state index in [2.05, 4.69) is 60.7 Å². The monoisotopic (exact) mass is 483 g/mol. The first kappa shape index (κ1) is 24.4. The maximum atomic E-state index is 12.4. The number of aromatic hydroxyl groups is 1. The molecule has 0 radical (unpaired) electrons. The van der Waals surface area contributed by atoms with Crippen molar-refractivity contribution in [3.05, 3.63) is 101 Å². The SMILES string of the molecule is CC(C)(C)OC(=O)N1CCC(c2ccc([C@@H]3c4ccc(O)cc4CC[C@@H]3c3ccccc3)cc2)CC1. The number of hydrogen-bond acceptors (Lipinski definition) is 3. The van der Waals surface area contributed by atoms with Crippen molar-refractivity contribution in [3.8, 4) is 5.75 Å². The number of fused-ring (bicyclic) bond motifs is 1. The zero-order valence-electron chi connectivity index (χ0n) is 21.6. The number of benzene rings is 3. The normalized spacial score (nSPS) is 20.6. The molecule has 3 aromatic rings. The van der Waals surface area contributed by atoms with E-state index in [-0.39, 0.29) is 12.0 Å². The lowest BCUT2D eigenvalue weighted by Gasteiger charge is -2.35. The molecule has 0 bridgehead atoms. The average Bonchev–Trinajstić information content (AvgIpc) is 2.87. The third kappa shape index (κ3) is 5.28. The fraction of sp³-hybridized carbons (Fsp3) is 0.406. The zero-order valence-corrected chi connectivity index (χ0v) is 21.6. The van der Waals surface area contributed by atoms with Crippen LogP contribution < -0.4 is 0 Å². The van der Waals surface area contributed by atoms with E-state index >= 15 is 0 Å². The van der Waals surface area contributed by atoms with E-state index < -0.39 is 5.60 Å². The number of nitrogens with zero attached hydrogens (tertiary/aromatic N) is 1. The van der Waals surface area contributed by atoms with E-state index in [0.29, 0.717) is 17.6 Å². The number of likely N-dealkylation sites (tertiary alicyclic amines) is 1. The van der Waals surface area contributed by atoms with Crippen LogP contribution in [0.4, 0.5) is 4.79 Å². The van der Waals surface area contributed by atoms with Gasteiger partial charge in [-0.25, -0.2) is 4.79 Å². The topological polar surface area (TPSA) is 49.8 Å². The van der Waals surface area contributed by atoms with Crippen LogP contribution in [0, 0.1) is 0 Å². The largest absolute Gasteiger partial charge is 0.508 e. The van der Waals surface area contributed by atoms with Gasteiger partial charge < -0.3 is 14.7 Å². The highest BCUT2D eigenvalue weighted by atomic mass is 16.6. The molecule has 1 saturated heterocycles. The fourth-order valence-electron chi connectivity index (χ4n) is 5.98. The van der Waals surface area contributed by atoms with Crippen molar-refractivity contribution in [2.24, 2.45) is 0 Å². The molecule has 188 valence electrons. The minimum absolute atomic E-state index is 0.203. The van der Waals surface area contributed by atoms with Gasteiger partial charge in [0.25, 0.3) is 0 Å². The first-order valence-electron chi connectivity index (χ1n) is 13.2. The Bertz CT molecular complexity index is 1190. The quantitative estimate of drug-likeness (QED) is 0.423. The summed E-state index contributed by atoms with van der Waals surface area (Å²) in [6.45, 7) is 7.20. The van der Waals surface area contributed by atoms with E-state index in [9.17, 15) is 9.90 Å². The third-order valence-electron chi connectivity index (χ3n) is 7.73. The van der Waals surface area contributed by atoms with Crippen LogP contribution in [0.3, 0.4) is 0 Å². The zero-order chi connectivity index (χ0) is 25.3. The lowest BCUT2D eigenvalue weighted by Crippen LogP contribution is -2.41. The maximum Gasteiger partial charge on any atom is 0.410 e. The van der Waals surface area contributed by atoms with Gasteiger partial charge in [-0.15, -0.1) is 0 Å². The Morgan fingerprint density at radius 3 is 2.19 bits per heavy atom. The summed E-state index contributed by atoms with van der Waals surface area (Å²) in [5.74, 6) is 1.47. The molecule has 2 atom stereocenters. The second-order valence-corrected chi connectivity index (χ2v) is 11.3. The Kier molecular flexibility index (Phi) is 6.79. The summed E-state index contributed by atoms with van der Waals surface area (Å²) in [5.41, 5.74) is 6.17. The van der Waals surface area contributed by atoms with Crippen molar-refractivity contribution >= 4 is 6.09 Å². The van der Waals surface area contributed by atoms with Crippen molar-refractivity contribution in [2.45, 2.75) is 69.8 Å². The van der Waals surface area contributed by atoms with Gasteiger partial charge in [-0.1, -0.05) is 60.7 Å². The molecule has 1 aliphatic carbocycles. The smallest absolute Gasteiger partial charge is 0.410 e. The second-order valence-electron chi connectivity index (χ2n) is 11.3. The highest BCUT2D eigenvalue weighted by Gasteiger charge is 2.33. The van der Waals surface area contributed by atoms with Crippen LogP contribution in [0.15, 0.2) is 72.8 Å². The van der Waals surface area contributed by atoms with Crippen molar-refractivity contribution in [1.82, 2.24) is 4.90 Å². The first-order chi connectivity index (χ1) is 17.3. The summed E-state index contributed by atoms with van der Waals surface area (Å²) < 4.78 is 5.55. The van der Waals surface area contributed by atoms with Gasteiger partial charge in [0.2, 0.25) is 0 Å². The van der Waals surface area contributed by atoms with E-state index in [4.69, 9.17) is 4.74 Å². The fourth-order valence-corrected chi connectivity index (χ4v) is 5.98. The number of piperidine rings is 1. The van der Waals surface area contributed by atoms with Gasteiger partial charge in [0, 0.05) is 19.0 Å². The van der Waals surface area contributed by atoms with Crippen LogP contribution in [-0.4, -0.2) is 34.8 Å². The minimum atomic E-state index is -0.460. The number of carbonyl (C=O) groups is 1. The van der Waals surface area contributed by atoms with Crippen molar-refractivity contribution in [3.63, 3.8) is 0 Å². The molecule has 2 aliphatic rings. The molecule has 1 amide bonds. The molecule has 1 fully saturated rings. The Hall–Kier alpha value is -3.27. The Labute approximate surface area is 214 Å². The number of phenols is 1. The van der Waals surface area contributed by atoms with Crippen molar-refractivity contribution < 1.29 is 14.6 Å². The predicted molar refractivity (Wildman–Crippen MR) is 144 cm³/mol. The molecule has 1 N–H and O–H groups in total. The molecule has 0 aromatic heterocycles. The summed E-state index contributed by atoms with van der Waals surface area (Å²) in [4.78, 5) is 14.3. The van der Waals surface area contributed by atoms with Crippen LogP contribution in [0.2, 0.25) is 0 Å². The first-order valence-corrected chi connectivity index (χ1v) is 13.2. The number of amides is 1. The Balaban J connectivity index is 1.35. The number of ether oxygens (including phenoxy) is 1. The van der Waals surface area contributed by atoms with Gasteiger partial charge in [0.05, 0.1) is 0 Å². The molecule has 0 unspecified atom stereocenters. The van der Waals surface area contributed by atoms with Gasteiger partial charge in [-0.05, 0) is 98.2 Å². The van der Waals surface area contributed by atoms with Gasteiger partial charge >= 0.3 is 6.09 Å². The molecular weight excluding hydrogens is 446 g/mol. The summed E-state index contributed by atoms with van der Waals surface area (Å²) in [5, 5.41) is 10.1. The molecule has 0 saturated carbocycles. The molecule has 0 spiro atoms. The van der Waals surface area contributed by atoms with Gasteiger partial charge in [0.15, 0.2) is 0 Å². The molecule has 36 heavy (non-hydrogen) atoms. The predicted octanol–water partition coefficient (Wildman–Crippen LogP) is 7.37. The highest BCUT2D eigenvalue weighted by molar-refractivity contribution is 5.68. The number of hydrogen-bond donors (Lipinski definition) is 1. The van der Waals surface area contributed by atoms with Crippen LogP contribution >= 0.6 is 0 Å². The number of aryl methyl sites for hydroxylation is 1. The molecular formula is C32H37NO3.